The second kappa shape index (κ2) is 2.79. The molecule has 4 nitrogen and oxygen atoms in total. The van der Waals surface area contributed by atoms with Gasteiger partial charge in [0.25, 0.3) is 0 Å². The maximum Gasteiger partial charge on any atom is 0.434 e. The van der Waals surface area contributed by atoms with Gasteiger partial charge < -0.3 is 0 Å². The van der Waals surface area contributed by atoms with Crippen LogP contribution in [0.3, 0.4) is 0 Å². The summed E-state index contributed by atoms with van der Waals surface area (Å²) in [5.74, 6) is -0.574. The summed E-state index contributed by atoms with van der Waals surface area (Å²) in [6.07, 6.45) is -2.79. The molecular weight excluding hydrogens is 185 g/mol. The summed E-state index contributed by atoms with van der Waals surface area (Å²) in [6, 6.07) is 1.37. The highest BCUT2D eigenvalue weighted by molar-refractivity contribution is 5.21. The third-order valence-corrected chi connectivity index (χ3v) is 1.20. The number of aromatic nitrogens is 2. The van der Waals surface area contributed by atoms with Crippen molar-refractivity contribution in [3.8, 4) is 12.3 Å². The number of nitrogens with zero attached hydrogens (tertiary/aromatic N) is 4. The number of hydrogen-bond donors (Lipinski definition) is 0. The number of hydrogen-bond acceptors (Lipinski definition) is 3. The normalized spacial score (nSPS) is 10.5. The predicted octanol–water partition coefficient (Wildman–Crippen LogP) is 1.10. The molecule has 66 valence electrons. The first-order valence-electron chi connectivity index (χ1n) is 2.96. The van der Waals surface area contributed by atoms with E-state index in [-0.39, 0.29) is 0 Å². The highest BCUT2D eigenvalue weighted by Gasteiger charge is 2.34. The zero-order chi connectivity index (χ0) is 10.1. The van der Waals surface area contributed by atoms with Crippen molar-refractivity contribution in [3.05, 3.63) is 17.7 Å². The van der Waals surface area contributed by atoms with E-state index in [4.69, 9.17) is 10.5 Å². The minimum atomic E-state index is -4.63. The van der Waals surface area contributed by atoms with Crippen molar-refractivity contribution in [2.75, 3.05) is 0 Å². The second-order valence-corrected chi connectivity index (χ2v) is 2.03. The third-order valence-electron chi connectivity index (χ3n) is 1.20. The second-order valence-electron chi connectivity index (χ2n) is 2.03. The van der Waals surface area contributed by atoms with Crippen molar-refractivity contribution in [1.29, 1.82) is 10.5 Å². The highest BCUT2D eigenvalue weighted by atomic mass is 19.4. The van der Waals surface area contributed by atoms with Crippen LogP contribution >= 0.6 is 0 Å². The Balaban J connectivity index is 3.26. The Kier molecular flexibility index (Phi) is 1.95. The van der Waals surface area contributed by atoms with Gasteiger partial charge in [-0.25, -0.2) is 9.55 Å². The molecule has 0 bridgehead atoms. The van der Waals surface area contributed by atoms with Crippen LogP contribution < -0.4 is 0 Å². The zero-order valence-corrected chi connectivity index (χ0v) is 6.00. The van der Waals surface area contributed by atoms with E-state index in [1.54, 1.807) is 0 Å². The van der Waals surface area contributed by atoms with E-state index in [2.05, 4.69) is 4.98 Å². The quantitative estimate of drug-likeness (QED) is 0.609. The summed E-state index contributed by atoms with van der Waals surface area (Å²) < 4.78 is 36.3. The Hall–Kier alpha value is -2.02. The molecule has 0 aliphatic carbocycles. The molecule has 1 aromatic rings. The number of imidazole rings is 1. The fraction of sp³-hybridized carbons (Fsp3) is 0.167. The SMILES string of the molecule is N#Cc1nc(C(F)(F)F)cn1C#N. The van der Waals surface area contributed by atoms with Gasteiger partial charge in [0.05, 0.1) is 6.20 Å². The van der Waals surface area contributed by atoms with E-state index in [1.165, 1.54) is 12.3 Å². The summed E-state index contributed by atoms with van der Waals surface area (Å²) in [4.78, 5) is 2.93. The van der Waals surface area contributed by atoms with E-state index in [1.807, 2.05) is 0 Å². The molecule has 0 aliphatic rings. The van der Waals surface area contributed by atoms with E-state index in [0.717, 1.165) is 0 Å². The van der Waals surface area contributed by atoms with Crippen molar-refractivity contribution in [3.63, 3.8) is 0 Å². The van der Waals surface area contributed by atoms with Gasteiger partial charge in [-0.15, -0.1) is 0 Å². The van der Waals surface area contributed by atoms with Crippen molar-refractivity contribution in [1.82, 2.24) is 9.55 Å². The molecule has 0 spiro atoms. The van der Waals surface area contributed by atoms with Crippen LogP contribution in [-0.2, 0) is 6.18 Å². The van der Waals surface area contributed by atoms with E-state index < -0.39 is 17.7 Å². The zero-order valence-electron chi connectivity index (χ0n) is 6.00. The fourth-order valence-corrected chi connectivity index (χ4v) is 0.672. The topological polar surface area (TPSA) is 65.4 Å². The molecule has 0 N–H and O–H groups in total. The van der Waals surface area contributed by atoms with Gasteiger partial charge in [0, 0.05) is 0 Å². The van der Waals surface area contributed by atoms with Gasteiger partial charge in [-0.2, -0.15) is 23.7 Å². The van der Waals surface area contributed by atoms with Crippen molar-refractivity contribution >= 4 is 0 Å². The average molecular weight is 186 g/mol. The lowest BCUT2D eigenvalue weighted by Gasteiger charge is -1.98. The van der Waals surface area contributed by atoms with Crippen molar-refractivity contribution in [2.45, 2.75) is 6.18 Å². The largest absolute Gasteiger partial charge is 0.434 e. The molecule has 0 fully saturated rings. The first-order valence-corrected chi connectivity index (χ1v) is 2.96. The van der Waals surface area contributed by atoms with Crippen LogP contribution in [0.1, 0.15) is 11.5 Å². The molecule has 1 aromatic heterocycles. The van der Waals surface area contributed by atoms with Crippen LogP contribution in [0.25, 0.3) is 0 Å². The Morgan fingerprint density at radius 1 is 1.38 bits per heavy atom. The first-order chi connectivity index (χ1) is 5.99. The Labute approximate surface area is 70.4 Å². The van der Waals surface area contributed by atoms with Crippen LogP contribution in [0.4, 0.5) is 13.2 Å². The maximum atomic E-state index is 12.0. The summed E-state index contributed by atoms with van der Waals surface area (Å²) in [5, 5.41) is 16.6. The molecule has 1 rings (SSSR count). The van der Waals surface area contributed by atoms with Crippen LogP contribution in [-0.4, -0.2) is 9.55 Å². The minimum absolute atomic E-state index is 0.461. The molecule has 0 aliphatic heterocycles. The number of rotatable bonds is 0. The lowest BCUT2D eigenvalue weighted by Crippen LogP contribution is -2.04. The van der Waals surface area contributed by atoms with Crippen LogP contribution in [0.15, 0.2) is 6.20 Å². The summed E-state index contributed by atoms with van der Waals surface area (Å²) >= 11 is 0. The smallest absolute Gasteiger partial charge is 0.227 e. The molecule has 0 saturated heterocycles. The van der Waals surface area contributed by atoms with Crippen molar-refractivity contribution < 1.29 is 13.2 Å². The van der Waals surface area contributed by atoms with E-state index in [0.29, 0.717) is 10.8 Å². The van der Waals surface area contributed by atoms with Crippen LogP contribution in [0, 0.1) is 22.8 Å². The van der Waals surface area contributed by atoms with Crippen LogP contribution in [0.2, 0.25) is 0 Å². The predicted molar refractivity (Wildman–Crippen MR) is 33.0 cm³/mol. The van der Waals surface area contributed by atoms with Gasteiger partial charge in [-0.1, -0.05) is 0 Å². The van der Waals surface area contributed by atoms with Gasteiger partial charge in [0.15, 0.2) is 11.9 Å². The van der Waals surface area contributed by atoms with Gasteiger partial charge >= 0.3 is 6.18 Å². The molecule has 0 aromatic carbocycles. The molecule has 1 heterocycles. The minimum Gasteiger partial charge on any atom is -0.227 e. The van der Waals surface area contributed by atoms with Gasteiger partial charge in [0.1, 0.15) is 6.07 Å². The number of nitriles is 2. The van der Waals surface area contributed by atoms with E-state index >= 15 is 0 Å². The summed E-state index contributed by atoms with van der Waals surface area (Å²) in [7, 11) is 0. The molecule has 0 amide bonds. The molecule has 0 unspecified atom stereocenters. The van der Waals surface area contributed by atoms with E-state index in [9.17, 15) is 13.2 Å². The van der Waals surface area contributed by atoms with Gasteiger partial charge in [-0.05, 0) is 0 Å². The fourth-order valence-electron chi connectivity index (χ4n) is 0.672. The van der Waals surface area contributed by atoms with Gasteiger partial charge in [0.2, 0.25) is 5.82 Å². The third kappa shape index (κ3) is 1.59. The lowest BCUT2D eigenvalue weighted by atomic mass is 10.5. The number of halogens is 3. The Bertz CT molecular complexity index is 371. The average Bonchev–Trinajstić information content (AvgIpc) is 2.45. The molecule has 7 heteroatoms. The number of alkyl halides is 3. The lowest BCUT2D eigenvalue weighted by molar-refractivity contribution is -0.140. The monoisotopic (exact) mass is 186 g/mol. The first kappa shape index (κ1) is 9.07. The van der Waals surface area contributed by atoms with Crippen molar-refractivity contribution in [2.24, 2.45) is 0 Å². The molecule has 0 atom stereocenters. The Morgan fingerprint density at radius 3 is 2.31 bits per heavy atom. The standard InChI is InChI=1S/C6HF3N4/c7-6(8,9)4-2-13(3-11)5(1-10)12-4/h2H. The molecule has 0 radical (unpaired) electrons. The molecule has 13 heavy (non-hydrogen) atoms. The molecular formula is C6HF3N4. The highest BCUT2D eigenvalue weighted by Crippen LogP contribution is 2.27. The summed E-state index contributed by atoms with van der Waals surface area (Å²) in [6.45, 7) is 0. The van der Waals surface area contributed by atoms with Gasteiger partial charge in [-0.3, -0.25) is 0 Å². The van der Waals surface area contributed by atoms with Crippen LogP contribution in [0.5, 0.6) is 0 Å². The molecule has 0 saturated carbocycles. The maximum absolute atomic E-state index is 12.0. The summed E-state index contributed by atoms with van der Waals surface area (Å²) in [5.41, 5.74) is -1.24. The Morgan fingerprint density at radius 2 is 2.00 bits per heavy atom.